The van der Waals surface area contributed by atoms with Gasteiger partial charge in [0.15, 0.2) is 0 Å². The van der Waals surface area contributed by atoms with Gasteiger partial charge >= 0.3 is 6.36 Å². The molecular formula is C9H10F3NO. The first kappa shape index (κ1) is 10.8. The molecule has 0 unspecified atom stereocenters. The highest BCUT2D eigenvalue weighted by Gasteiger charge is 2.30. The summed E-state index contributed by atoms with van der Waals surface area (Å²) >= 11 is 0. The van der Waals surface area contributed by atoms with Crippen LogP contribution in [0.15, 0.2) is 24.3 Å². The molecule has 1 aromatic carbocycles. The Bertz CT molecular complexity index is 281. The van der Waals surface area contributed by atoms with E-state index in [0.717, 1.165) is 5.56 Å². The van der Waals surface area contributed by atoms with Crippen molar-refractivity contribution < 1.29 is 17.9 Å². The Labute approximate surface area is 79.7 Å². The van der Waals surface area contributed by atoms with E-state index in [1.165, 1.54) is 12.1 Å². The molecule has 0 radical (unpaired) electrons. The minimum Gasteiger partial charge on any atom is -0.406 e. The van der Waals surface area contributed by atoms with Crippen molar-refractivity contribution in [1.82, 2.24) is 5.32 Å². The van der Waals surface area contributed by atoms with Crippen LogP contribution in [0.1, 0.15) is 5.56 Å². The normalized spacial score (nSPS) is 11.4. The third-order valence-electron chi connectivity index (χ3n) is 1.54. The van der Waals surface area contributed by atoms with Gasteiger partial charge in [-0.2, -0.15) is 0 Å². The Hall–Kier alpha value is -1.23. The van der Waals surface area contributed by atoms with Gasteiger partial charge in [-0.05, 0) is 24.7 Å². The fraction of sp³-hybridized carbons (Fsp3) is 0.333. The molecule has 0 aliphatic heterocycles. The zero-order valence-corrected chi connectivity index (χ0v) is 7.56. The summed E-state index contributed by atoms with van der Waals surface area (Å²) in [4.78, 5) is 0. The van der Waals surface area contributed by atoms with Crippen LogP contribution in [0.5, 0.6) is 5.75 Å². The van der Waals surface area contributed by atoms with E-state index in [0.29, 0.717) is 6.54 Å². The summed E-state index contributed by atoms with van der Waals surface area (Å²) in [5.41, 5.74) is 0.905. The maximum Gasteiger partial charge on any atom is 0.573 e. The number of halogens is 3. The van der Waals surface area contributed by atoms with Crippen molar-refractivity contribution in [1.29, 1.82) is 0 Å². The maximum absolute atomic E-state index is 11.8. The van der Waals surface area contributed by atoms with Crippen LogP contribution in [0.4, 0.5) is 13.2 Å². The minimum atomic E-state index is -4.62. The third-order valence-corrected chi connectivity index (χ3v) is 1.54. The van der Waals surface area contributed by atoms with Crippen molar-refractivity contribution in [2.45, 2.75) is 12.9 Å². The van der Waals surface area contributed by atoms with Gasteiger partial charge in [-0.3, -0.25) is 0 Å². The van der Waals surface area contributed by atoms with Crippen LogP contribution in [0, 0.1) is 0 Å². The summed E-state index contributed by atoms with van der Waals surface area (Å²) in [6, 6.07) is 5.75. The second kappa shape index (κ2) is 4.32. The van der Waals surface area contributed by atoms with Crippen molar-refractivity contribution >= 4 is 0 Å². The van der Waals surface area contributed by atoms with Gasteiger partial charge < -0.3 is 10.1 Å². The topological polar surface area (TPSA) is 21.3 Å². The second-order valence-electron chi connectivity index (χ2n) is 2.72. The largest absolute Gasteiger partial charge is 0.573 e. The Morgan fingerprint density at radius 1 is 1.21 bits per heavy atom. The van der Waals surface area contributed by atoms with Crippen LogP contribution in [0.2, 0.25) is 0 Å². The van der Waals surface area contributed by atoms with Crippen molar-refractivity contribution in [3.8, 4) is 5.75 Å². The summed E-state index contributed by atoms with van der Waals surface area (Å²) in [6.45, 7) is 0.617. The predicted molar refractivity (Wildman–Crippen MR) is 45.9 cm³/mol. The number of hydrogen-bond acceptors (Lipinski definition) is 2. The first-order valence-corrected chi connectivity index (χ1v) is 4.00. The monoisotopic (exact) mass is 205 g/mol. The molecule has 5 heteroatoms. The highest BCUT2D eigenvalue weighted by molar-refractivity contribution is 5.27. The standard InChI is InChI=1S/C9H10F3NO/c1-13-6-7-2-4-8(5-3-7)14-9(10,11)12/h2-5,13H,6H2,1H3. The van der Waals surface area contributed by atoms with Gasteiger partial charge in [-0.15, -0.1) is 13.2 Å². The Morgan fingerprint density at radius 2 is 1.79 bits per heavy atom. The van der Waals surface area contributed by atoms with Crippen LogP contribution in [0.3, 0.4) is 0 Å². The van der Waals surface area contributed by atoms with Crippen LogP contribution in [0.25, 0.3) is 0 Å². The number of nitrogens with one attached hydrogen (secondary N) is 1. The van der Waals surface area contributed by atoms with Crippen molar-refractivity contribution in [3.63, 3.8) is 0 Å². The summed E-state index contributed by atoms with van der Waals surface area (Å²) in [6.07, 6.45) is -4.62. The lowest BCUT2D eigenvalue weighted by atomic mass is 10.2. The first-order chi connectivity index (χ1) is 6.51. The molecule has 1 aromatic rings. The first-order valence-electron chi connectivity index (χ1n) is 4.00. The van der Waals surface area contributed by atoms with E-state index in [-0.39, 0.29) is 5.75 Å². The minimum absolute atomic E-state index is 0.197. The molecule has 0 heterocycles. The summed E-state index contributed by atoms with van der Waals surface area (Å²) in [5, 5.41) is 2.89. The number of hydrogen-bond donors (Lipinski definition) is 1. The lowest BCUT2D eigenvalue weighted by Crippen LogP contribution is -2.17. The molecule has 0 saturated carbocycles. The van der Waals surface area contributed by atoms with Crippen molar-refractivity contribution in [2.75, 3.05) is 7.05 Å². The van der Waals surface area contributed by atoms with Gasteiger partial charge in [0.1, 0.15) is 5.75 Å². The highest BCUT2D eigenvalue weighted by atomic mass is 19.4. The molecule has 78 valence electrons. The average molecular weight is 205 g/mol. The molecular weight excluding hydrogens is 195 g/mol. The van der Waals surface area contributed by atoms with E-state index in [4.69, 9.17) is 0 Å². The Kier molecular flexibility index (Phi) is 3.35. The second-order valence-corrected chi connectivity index (χ2v) is 2.72. The molecule has 1 rings (SSSR count). The van der Waals surface area contributed by atoms with E-state index in [1.54, 1.807) is 19.2 Å². The summed E-state index contributed by atoms with van der Waals surface area (Å²) in [7, 11) is 1.76. The van der Waals surface area contributed by atoms with Crippen LogP contribution < -0.4 is 10.1 Å². The van der Waals surface area contributed by atoms with Crippen molar-refractivity contribution in [2.24, 2.45) is 0 Å². The van der Waals surface area contributed by atoms with Crippen molar-refractivity contribution in [3.05, 3.63) is 29.8 Å². The van der Waals surface area contributed by atoms with E-state index >= 15 is 0 Å². The quantitative estimate of drug-likeness (QED) is 0.817. The SMILES string of the molecule is CNCc1ccc(OC(F)(F)F)cc1. The average Bonchev–Trinajstić information content (AvgIpc) is 2.06. The molecule has 0 bridgehead atoms. The molecule has 1 N–H and O–H groups in total. The van der Waals surface area contributed by atoms with Crippen LogP contribution >= 0.6 is 0 Å². The van der Waals surface area contributed by atoms with E-state index in [9.17, 15) is 13.2 Å². The number of rotatable bonds is 3. The van der Waals surface area contributed by atoms with Gasteiger partial charge in [0, 0.05) is 6.54 Å². The Balaban J connectivity index is 2.64. The molecule has 0 aliphatic carbocycles. The van der Waals surface area contributed by atoms with Crippen LogP contribution in [-0.4, -0.2) is 13.4 Å². The molecule has 0 atom stereocenters. The van der Waals surface area contributed by atoms with E-state index in [2.05, 4.69) is 10.1 Å². The van der Waals surface area contributed by atoms with Gasteiger partial charge in [0.25, 0.3) is 0 Å². The predicted octanol–water partition coefficient (Wildman–Crippen LogP) is 2.30. The third kappa shape index (κ3) is 3.66. The maximum atomic E-state index is 11.8. The molecule has 0 aliphatic rings. The summed E-state index contributed by atoms with van der Waals surface area (Å²) < 4.78 is 39.0. The molecule has 0 spiro atoms. The van der Waals surface area contributed by atoms with E-state index in [1.807, 2.05) is 0 Å². The Morgan fingerprint density at radius 3 is 2.21 bits per heavy atom. The van der Waals surface area contributed by atoms with Gasteiger partial charge in [0.2, 0.25) is 0 Å². The van der Waals surface area contributed by atoms with Gasteiger partial charge in [-0.1, -0.05) is 12.1 Å². The highest BCUT2D eigenvalue weighted by Crippen LogP contribution is 2.22. The zero-order valence-electron chi connectivity index (χ0n) is 7.56. The van der Waals surface area contributed by atoms with E-state index < -0.39 is 6.36 Å². The molecule has 0 amide bonds. The summed E-state index contributed by atoms with van der Waals surface area (Å²) in [5.74, 6) is -0.197. The molecule has 14 heavy (non-hydrogen) atoms. The zero-order chi connectivity index (χ0) is 10.6. The van der Waals surface area contributed by atoms with Crippen LogP contribution in [-0.2, 0) is 6.54 Å². The number of alkyl halides is 3. The van der Waals surface area contributed by atoms with Gasteiger partial charge in [-0.25, -0.2) is 0 Å². The lowest BCUT2D eigenvalue weighted by molar-refractivity contribution is -0.274. The fourth-order valence-electron chi connectivity index (χ4n) is 1.01. The number of benzene rings is 1. The molecule has 2 nitrogen and oxygen atoms in total. The lowest BCUT2D eigenvalue weighted by Gasteiger charge is -2.08. The molecule has 0 aromatic heterocycles. The smallest absolute Gasteiger partial charge is 0.406 e. The number of ether oxygens (including phenoxy) is 1. The fourth-order valence-corrected chi connectivity index (χ4v) is 1.01. The molecule has 0 saturated heterocycles. The molecule has 0 fully saturated rings. The van der Waals surface area contributed by atoms with Gasteiger partial charge in [0.05, 0.1) is 0 Å².